The van der Waals surface area contributed by atoms with Crippen LogP contribution in [0.1, 0.15) is 48.6 Å². The Bertz CT molecular complexity index is 986. The van der Waals surface area contributed by atoms with Gasteiger partial charge in [-0.2, -0.15) is 10.2 Å². The summed E-state index contributed by atoms with van der Waals surface area (Å²) in [5.74, 6) is 1.56. The monoisotopic (exact) mass is 426 g/mol. The molecule has 1 atom stereocenters. The Morgan fingerprint density at radius 1 is 1.27 bits per heavy atom. The number of hydrogen-bond donors (Lipinski definition) is 2. The highest BCUT2D eigenvalue weighted by Crippen LogP contribution is 2.32. The number of halogens is 1. The normalized spacial score (nSPS) is 17.5. The predicted molar refractivity (Wildman–Crippen MR) is 120 cm³/mol. The summed E-state index contributed by atoms with van der Waals surface area (Å²) in [4.78, 5) is 23.4. The predicted octanol–water partition coefficient (Wildman–Crippen LogP) is 3.42. The SMILES string of the molecule is CC(=O)N[C@@H]1CCCN(c2nc(Nc3ccc(C)c(C#N)c3)nc3c2CCC3)C1.Cl. The third-order valence-electron chi connectivity index (χ3n) is 5.65. The third kappa shape index (κ3) is 4.65. The first-order valence-electron chi connectivity index (χ1n) is 10.2. The van der Waals surface area contributed by atoms with Gasteiger partial charge in [0.25, 0.3) is 0 Å². The Balaban J connectivity index is 0.00000256. The van der Waals surface area contributed by atoms with Gasteiger partial charge in [0.05, 0.1) is 17.3 Å². The van der Waals surface area contributed by atoms with Crippen LogP contribution in [-0.2, 0) is 17.6 Å². The molecule has 0 radical (unpaired) electrons. The molecule has 1 aliphatic carbocycles. The van der Waals surface area contributed by atoms with E-state index in [0.29, 0.717) is 11.5 Å². The number of nitrogens with one attached hydrogen (secondary N) is 2. The molecule has 0 unspecified atom stereocenters. The minimum atomic E-state index is 0. The van der Waals surface area contributed by atoms with Crippen LogP contribution in [0, 0.1) is 18.3 Å². The smallest absolute Gasteiger partial charge is 0.229 e. The van der Waals surface area contributed by atoms with Crippen molar-refractivity contribution in [2.75, 3.05) is 23.3 Å². The Morgan fingerprint density at radius 3 is 2.87 bits per heavy atom. The van der Waals surface area contributed by atoms with Gasteiger partial charge in [-0.1, -0.05) is 6.07 Å². The van der Waals surface area contributed by atoms with Gasteiger partial charge in [0.2, 0.25) is 11.9 Å². The molecule has 8 heteroatoms. The average Bonchev–Trinajstić information content (AvgIpc) is 3.17. The number of carbonyl (C=O) groups excluding carboxylic acids is 1. The molecule has 30 heavy (non-hydrogen) atoms. The second kappa shape index (κ2) is 9.31. The van der Waals surface area contributed by atoms with E-state index >= 15 is 0 Å². The van der Waals surface area contributed by atoms with E-state index in [1.165, 1.54) is 5.56 Å². The summed E-state index contributed by atoms with van der Waals surface area (Å²) in [5, 5.41) is 15.6. The first-order valence-corrected chi connectivity index (χ1v) is 10.2. The lowest BCUT2D eigenvalue weighted by atomic mass is 10.0. The summed E-state index contributed by atoms with van der Waals surface area (Å²) in [7, 11) is 0. The minimum absolute atomic E-state index is 0. The number of anilines is 3. The van der Waals surface area contributed by atoms with E-state index in [1.54, 1.807) is 6.92 Å². The van der Waals surface area contributed by atoms with E-state index in [0.717, 1.165) is 68.0 Å². The number of fused-ring (bicyclic) bond motifs is 1. The van der Waals surface area contributed by atoms with Crippen molar-refractivity contribution in [2.24, 2.45) is 0 Å². The van der Waals surface area contributed by atoms with Gasteiger partial charge < -0.3 is 15.5 Å². The molecule has 0 bridgehead atoms. The Labute approximate surface area is 183 Å². The van der Waals surface area contributed by atoms with E-state index in [2.05, 4.69) is 21.6 Å². The molecule has 2 aromatic rings. The topological polar surface area (TPSA) is 93.9 Å². The fourth-order valence-electron chi connectivity index (χ4n) is 4.25. The molecule has 4 rings (SSSR count). The zero-order chi connectivity index (χ0) is 20.4. The number of carbonyl (C=O) groups is 1. The molecular formula is C22H27ClN6O. The molecule has 1 saturated heterocycles. The maximum atomic E-state index is 11.5. The molecule has 158 valence electrons. The number of hydrogen-bond acceptors (Lipinski definition) is 6. The van der Waals surface area contributed by atoms with Gasteiger partial charge in [0, 0.05) is 37.3 Å². The van der Waals surface area contributed by atoms with Crippen LogP contribution >= 0.6 is 12.4 Å². The van der Waals surface area contributed by atoms with Gasteiger partial charge >= 0.3 is 0 Å². The van der Waals surface area contributed by atoms with Crippen molar-refractivity contribution in [2.45, 2.75) is 52.0 Å². The second-order valence-corrected chi connectivity index (χ2v) is 7.90. The van der Waals surface area contributed by atoms with Crippen molar-refractivity contribution in [3.63, 3.8) is 0 Å². The molecule has 7 nitrogen and oxygen atoms in total. The van der Waals surface area contributed by atoms with Crippen LogP contribution in [-0.4, -0.2) is 35.0 Å². The maximum absolute atomic E-state index is 11.5. The fourth-order valence-corrected chi connectivity index (χ4v) is 4.25. The van der Waals surface area contributed by atoms with E-state index in [1.807, 2.05) is 25.1 Å². The molecule has 0 spiro atoms. The fraction of sp³-hybridized carbons (Fsp3) is 0.455. The molecular weight excluding hydrogens is 400 g/mol. The zero-order valence-corrected chi connectivity index (χ0v) is 18.2. The van der Waals surface area contributed by atoms with Crippen LogP contribution < -0.4 is 15.5 Å². The zero-order valence-electron chi connectivity index (χ0n) is 17.4. The van der Waals surface area contributed by atoms with E-state index in [9.17, 15) is 10.1 Å². The summed E-state index contributed by atoms with van der Waals surface area (Å²) in [5.41, 5.74) is 4.75. The minimum Gasteiger partial charge on any atom is -0.354 e. The number of amides is 1. The van der Waals surface area contributed by atoms with Crippen LogP contribution in [0.25, 0.3) is 0 Å². The number of nitrogens with zero attached hydrogens (tertiary/aromatic N) is 4. The molecule has 2 heterocycles. The average molecular weight is 427 g/mol. The van der Waals surface area contributed by atoms with E-state index in [-0.39, 0.29) is 24.4 Å². The largest absolute Gasteiger partial charge is 0.354 e. The van der Waals surface area contributed by atoms with Crippen LogP contribution in [0.3, 0.4) is 0 Å². The van der Waals surface area contributed by atoms with Crippen molar-refractivity contribution < 1.29 is 4.79 Å². The Morgan fingerprint density at radius 2 is 2.10 bits per heavy atom. The van der Waals surface area contributed by atoms with Gasteiger partial charge in [-0.3, -0.25) is 4.79 Å². The van der Waals surface area contributed by atoms with Gasteiger partial charge in [-0.15, -0.1) is 12.4 Å². The summed E-state index contributed by atoms with van der Waals surface area (Å²) in [6.45, 7) is 5.20. The number of aromatic nitrogens is 2. The highest BCUT2D eigenvalue weighted by Gasteiger charge is 2.27. The van der Waals surface area contributed by atoms with Gasteiger partial charge in [-0.05, 0) is 56.7 Å². The first-order chi connectivity index (χ1) is 14.0. The molecule has 1 aromatic heterocycles. The van der Waals surface area contributed by atoms with Crippen molar-refractivity contribution in [3.05, 3.63) is 40.6 Å². The lowest BCUT2D eigenvalue weighted by Gasteiger charge is -2.35. The molecule has 1 fully saturated rings. The number of aryl methyl sites for hydroxylation is 2. The molecule has 0 saturated carbocycles. The van der Waals surface area contributed by atoms with Crippen LogP contribution in [0.2, 0.25) is 0 Å². The van der Waals surface area contributed by atoms with Gasteiger partial charge in [-0.25, -0.2) is 4.98 Å². The molecule has 1 aliphatic heterocycles. The van der Waals surface area contributed by atoms with E-state index < -0.39 is 0 Å². The number of benzene rings is 1. The number of piperidine rings is 1. The maximum Gasteiger partial charge on any atom is 0.229 e. The molecule has 2 N–H and O–H groups in total. The van der Waals surface area contributed by atoms with Crippen molar-refractivity contribution >= 4 is 35.8 Å². The molecule has 1 aromatic carbocycles. The Hall–Kier alpha value is -2.85. The van der Waals surface area contributed by atoms with Crippen LogP contribution in [0.15, 0.2) is 18.2 Å². The number of nitriles is 1. The second-order valence-electron chi connectivity index (χ2n) is 7.90. The quantitative estimate of drug-likeness (QED) is 0.777. The Kier molecular flexibility index (Phi) is 6.78. The highest BCUT2D eigenvalue weighted by molar-refractivity contribution is 5.85. The highest BCUT2D eigenvalue weighted by atomic mass is 35.5. The van der Waals surface area contributed by atoms with Gasteiger partial charge in [0.1, 0.15) is 5.82 Å². The summed E-state index contributed by atoms with van der Waals surface area (Å²) < 4.78 is 0. The van der Waals surface area contributed by atoms with E-state index in [4.69, 9.17) is 9.97 Å². The van der Waals surface area contributed by atoms with Crippen LogP contribution in [0.4, 0.5) is 17.5 Å². The first kappa shape index (κ1) is 21.8. The summed E-state index contributed by atoms with van der Waals surface area (Å²) >= 11 is 0. The molecule has 2 aliphatic rings. The summed E-state index contributed by atoms with van der Waals surface area (Å²) in [6.07, 6.45) is 5.06. The van der Waals surface area contributed by atoms with Crippen molar-refractivity contribution in [3.8, 4) is 6.07 Å². The van der Waals surface area contributed by atoms with Crippen LogP contribution in [0.5, 0.6) is 0 Å². The lowest BCUT2D eigenvalue weighted by Crippen LogP contribution is -2.47. The standard InChI is InChI=1S/C22H26N6O.ClH/c1-14-8-9-17(11-16(14)12-23)25-22-26-20-7-3-6-19(20)21(27-22)28-10-4-5-18(13-28)24-15(2)29;/h8-9,11,18H,3-7,10,13H2,1-2H3,(H,24,29)(H,25,26,27);1H/t18-;/m1./s1. The lowest BCUT2D eigenvalue weighted by molar-refractivity contribution is -0.119. The third-order valence-corrected chi connectivity index (χ3v) is 5.65. The molecule has 1 amide bonds. The van der Waals surface area contributed by atoms with Crippen molar-refractivity contribution in [1.29, 1.82) is 5.26 Å². The summed E-state index contributed by atoms with van der Waals surface area (Å²) in [6, 6.07) is 8.08. The van der Waals surface area contributed by atoms with Crippen molar-refractivity contribution in [1.82, 2.24) is 15.3 Å². The van der Waals surface area contributed by atoms with Gasteiger partial charge in [0.15, 0.2) is 0 Å². The number of rotatable bonds is 4.